The van der Waals surface area contributed by atoms with Crippen molar-refractivity contribution in [2.24, 2.45) is 11.7 Å². The first-order valence-corrected chi connectivity index (χ1v) is 10.4. The van der Waals surface area contributed by atoms with E-state index >= 15 is 0 Å². The van der Waals surface area contributed by atoms with E-state index in [2.05, 4.69) is 5.32 Å². The smallest absolute Gasteiger partial charge is 0.260 e. The van der Waals surface area contributed by atoms with Crippen LogP contribution in [0.3, 0.4) is 0 Å². The second-order valence-electron chi connectivity index (χ2n) is 6.98. The molecule has 0 unspecified atom stereocenters. The lowest BCUT2D eigenvalue weighted by molar-refractivity contribution is -0.127. The van der Waals surface area contributed by atoms with Crippen LogP contribution in [0.15, 0.2) is 29.2 Å². The van der Waals surface area contributed by atoms with E-state index in [1.165, 1.54) is 28.6 Å². The molecule has 1 aromatic carbocycles. The number of piperidine rings is 1. The highest BCUT2D eigenvalue weighted by molar-refractivity contribution is 7.89. The molecule has 2 rings (SSSR count). The summed E-state index contributed by atoms with van der Waals surface area (Å²) in [6, 6.07) is 5.98. The van der Waals surface area contributed by atoms with E-state index in [-0.39, 0.29) is 41.8 Å². The summed E-state index contributed by atoms with van der Waals surface area (Å²) >= 11 is 0. The molecule has 0 saturated carbocycles. The van der Waals surface area contributed by atoms with Gasteiger partial charge in [-0.25, -0.2) is 8.42 Å². The molecule has 0 aromatic heterocycles. The Bertz CT molecular complexity index is 769. The van der Waals surface area contributed by atoms with Crippen molar-refractivity contribution in [2.45, 2.75) is 50.7 Å². The quantitative estimate of drug-likeness (QED) is 0.707. The summed E-state index contributed by atoms with van der Waals surface area (Å²) in [5.41, 5.74) is 5.29. The fourth-order valence-corrected chi connectivity index (χ4v) is 4.35. The van der Waals surface area contributed by atoms with Gasteiger partial charge < -0.3 is 15.8 Å². The Balaban J connectivity index is 2.01. The van der Waals surface area contributed by atoms with E-state index in [1.807, 2.05) is 13.8 Å². The van der Waals surface area contributed by atoms with Gasteiger partial charge in [0.05, 0.1) is 4.90 Å². The summed E-state index contributed by atoms with van der Waals surface area (Å²) in [5.74, 6) is -0.485. The second-order valence-corrected chi connectivity index (χ2v) is 8.91. The van der Waals surface area contributed by atoms with E-state index in [1.54, 1.807) is 6.92 Å². The minimum atomic E-state index is -3.64. The SMILES string of the molecule is CC(C)NC(=O)[C@H](C)Oc1ccc(S(=O)(=O)N2CCC(C(N)=O)CC2)cc1. The Morgan fingerprint density at radius 1 is 1.15 bits per heavy atom. The van der Waals surface area contributed by atoms with Crippen LogP contribution in [0.4, 0.5) is 0 Å². The summed E-state index contributed by atoms with van der Waals surface area (Å²) in [6.07, 6.45) is 0.166. The average Bonchev–Trinajstić information content (AvgIpc) is 2.61. The van der Waals surface area contributed by atoms with Crippen LogP contribution in [0.2, 0.25) is 0 Å². The molecule has 3 N–H and O–H groups in total. The Morgan fingerprint density at radius 2 is 1.70 bits per heavy atom. The largest absolute Gasteiger partial charge is 0.481 e. The third kappa shape index (κ3) is 5.43. The maximum atomic E-state index is 12.7. The van der Waals surface area contributed by atoms with Gasteiger partial charge in [0.1, 0.15) is 5.75 Å². The molecule has 1 aromatic rings. The zero-order valence-electron chi connectivity index (χ0n) is 15.8. The number of primary amides is 1. The fraction of sp³-hybridized carbons (Fsp3) is 0.556. The molecular weight excluding hydrogens is 370 g/mol. The van der Waals surface area contributed by atoms with Gasteiger partial charge in [-0.3, -0.25) is 9.59 Å². The van der Waals surface area contributed by atoms with Crippen molar-refractivity contribution in [1.29, 1.82) is 0 Å². The molecule has 2 amide bonds. The van der Waals surface area contributed by atoms with Gasteiger partial charge in [0.15, 0.2) is 6.10 Å². The maximum absolute atomic E-state index is 12.7. The van der Waals surface area contributed by atoms with Crippen molar-refractivity contribution in [3.63, 3.8) is 0 Å². The zero-order chi connectivity index (χ0) is 20.2. The van der Waals surface area contributed by atoms with Crippen LogP contribution in [0.5, 0.6) is 5.75 Å². The number of carbonyl (C=O) groups excluding carboxylic acids is 2. The minimum absolute atomic E-state index is 0.00905. The molecule has 8 nitrogen and oxygen atoms in total. The van der Waals surface area contributed by atoms with Crippen LogP contribution in [0, 0.1) is 5.92 Å². The van der Waals surface area contributed by atoms with Gasteiger partial charge >= 0.3 is 0 Å². The second kappa shape index (κ2) is 8.71. The van der Waals surface area contributed by atoms with E-state index in [9.17, 15) is 18.0 Å². The lowest BCUT2D eigenvalue weighted by atomic mass is 9.98. The van der Waals surface area contributed by atoms with Crippen molar-refractivity contribution < 1.29 is 22.7 Å². The molecular formula is C18H27N3O5S. The van der Waals surface area contributed by atoms with Gasteiger partial charge in [-0.05, 0) is 57.9 Å². The molecule has 9 heteroatoms. The number of hydrogen-bond donors (Lipinski definition) is 2. The molecule has 150 valence electrons. The van der Waals surface area contributed by atoms with Gasteiger partial charge in [-0.1, -0.05) is 0 Å². The molecule has 0 aliphatic carbocycles. The number of ether oxygens (including phenoxy) is 1. The number of benzene rings is 1. The van der Waals surface area contributed by atoms with Crippen LogP contribution in [0.25, 0.3) is 0 Å². The number of carbonyl (C=O) groups is 2. The molecule has 0 bridgehead atoms. The lowest BCUT2D eigenvalue weighted by Crippen LogP contribution is -2.41. The normalized spacial score (nSPS) is 17.5. The predicted molar refractivity (Wildman–Crippen MR) is 100 cm³/mol. The molecule has 1 heterocycles. The highest BCUT2D eigenvalue weighted by Crippen LogP contribution is 2.25. The number of hydrogen-bond acceptors (Lipinski definition) is 5. The first-order valence-electron chi connectivity index (χ1n) is 8.98. The Morgan fingerprint density at radius 3 is 2.19 bits per heavy atom. The van der Waals surface area contributed by atoms with Crippen molar-refractivity contribution in [3.05, 3.63) is 24.3 Å². The highest BCUT2D eigenvalue weighted by atomic mass is 32.2. The van der Waals surface area contributed by atoms with Gasteiger partial charge in [0.25, 0.3) is 5.91 Å². The minimum Gasteiger partial charge on any atom is -0.481 e. The molecule has 0 spiro atoms. The summed E-state index contributed by atoms with van der Waals surface area (Å²) in [5, 5.41) is 2.75. The number of nitrogens with two attached hydrogens (primary N) is 1. The Hall–Kier alpha value is -2.13. The molecule has 27 heavy (non-hydrogen) atoms. The highest BCUT2D eigenvalue weighted by Gasteiger charge is 2.31. The third-order valence-electron chi connectivity index (χ3n) is 4.43. The number of amides is 2. The van der Waals surface area contributed by atoms with E-state index in [0.717, 1.165) is 0 Å². The van der Waals surface area contributed by atoms with Crippen LogP contribution >= 0.6 is 0 Å². The van der Waals surface area contributed by atoms with Gasteiger partial charge in [-0.15, -0.1) is 0 Å². The van der Waals surface area contributed by atoms with Crippen molar-refractivity contribution in [3.8, 4) is 5.75 Å². The number of nitrogens with zero attached hydrogens (tertiary/aromatic N) is 1. The molecule has 1 aliphatic heterocycles. The zero-order valence-corrected chi connectivity index (χ0v) is 16.7. The molecule has 1 fully saturated rings. The molecule has 1 atom stereocenters. The summed E-state index contributed by atoms with van der Waals surface area (Å²) in [4.78, 5) is 23.3. The topological polar surface area (TPSA) is 119 Å². The number of sulfonamides is 1. The Kier molecular flexibility index (Phi) is 6.83. The Labute approximate surface area is 160 Å². The van der Waals surface area contributed by atoms with Crippen LogP contribution in [-0.2, 0) is 19.6 Å². The van der Waals surface area contributed by atoms with Crippen LogP contribution in [0.1, 0.15) is 33.6 Å². The van der Waals surface area contributed by atoms with E-state index in [4.69, 9.17) is 10.5 Å². The maximum Gasteiger partial charge on any atom is 0.260 e. The molecule has 1 aliphatic rings. The van der Waals surface area contributed by atoms with Gasteiger partial charge in [0.2, 0.25) is 15.9 Å². The summed E-state index contributed by atoms with van der Waals surface area (Å²) in [6.45, 7) is 5.87. The number of nitrogens with one attached hydrogen (secondary N) is 1. The predicted octanol–water partition coefficient (Wildman–Crippen LogP) is 0.865. The van der Waals surface area contributed by atoms with E-state index < -0.39 is 16.1 Å². The van der Waals surface area contributed by atoms with Gasteiger partial charge in [-0.2, -0.15) is 4.31 Å². The fourth-order valence-electron chi connectivity index (χ4n) is 2.88. The lowest BCUT2D eigenvalue weighted by Gasteiger charge is -2.29. The first kappa shape index (κ1) is 21.2. The van der Waals surface area contributed by atoms with Crippen molar-refractivity contribution >= 4 is 21.8 Å². The third-order valence-corrected chi connectivity index (χ3v) is 6.34. The average molecular weight is 397 g/mol. The van der Waals surface area contributed by atoms with E-state index in [0.29, 0.717) is 18.6 Å². The monoisotopic (exact) mass is 397 g/mol. The molecule has 1 saturated heterocycles. The van der Waals surface area contributed by atoms with Crippen LogP contribution in [-0.4, -0.2) is 49.8 Å². The summed E-state index contributed by atoms with van der Waals surface area (Å²) in [7, 11) is -3.64. The molecule has 0 radical (unpaired) electrons. The number of rotatable bonds is 7. The standard InChI is InChI=1S/C18H27N3O5S/c1-12(2)20-18(23)13(3)26-15-4-6-16(7-5-15)27(24,25)21-10-8-14(9-11-21)17(19)22/h4-7,12-14H,8-11H2,1-3H3,(H2,19,22)(H,20,23)/t13-/m0/s1. The van der Waals surface area contributed by atoms with Crippen LogP contribution < -0.4 is 15.8 Å². The van der Waals surface area contributed by atoms with Crippen molar-refractivity contribution in [2.75, 3.05) is 13.1 Å². The van der Waals surface area contributed by atoms with Gasteiger partial charge in [0, 0.05) is 25.0 Å². The van der Waals surface area contributed by atoms with Crippen molar-refractivity contribution in [1.82, 2.24) is 9.62 Å². The first-order chi connectivity index (χ1) is 12.6. The summed E-state index contributed by atoms with van der Waals surface area (Å²) < 4.78 is 32.4.